The van der Waals surface area contributed by atoms with Crippen LogP contribution < -0.4 is 4.90 Å². The van der Waals surface area contributed by atoms with Crippen LogP contribution in [0.25, 0.3) is 21.6 Å². The third-order valence-corrected chi connectivity index (χ3v) is 7.54. The Balaban J connectivity index is 1.51. The number of amides is 1. The van der Waals surface area contributed by atoms with Crippen LogP contribution in [0.4, 0.5) is 5.82 Å². The summed E-state index contributed by atoms with van der Waals surface area (Å²) in [5, 5.41) is 1.14. The maximum Gasteiger partial charge on any atom is 0.227 e. The SMILES string of the molecule is Cc1sc2nc(-c3ccccc3)nc(N3CCC[C@@H](C(=O)N4CCOCC4)C3)c2c1C. The number of piperidine rings is 1. The van der Waals surface area contributed by atoms with E-state index in [4.69, 9.17) is 14.7 Å². The fourth-order valence-corrected chi connectivity index (χ4v) is 5.61. The van der Waals surface area contributed by atoms with Crippen molar-refractivity contribution < 1.29 is 9.53 Å². The molecule has 0 spiro atoms. The highest BCUT2D eigenvalue weighted by molar-refractivity contribution is 7.18. The molecule has 2 saturated heterocycles. The van der Waals surface area contributed by atoms with Crippen molar-refractivity contribution in [3.05, 3.63) is 40.8 Å². The number of hydrogen-bond donors (Lipinski definition) is 0. The molecule has 0 radical (unpaired) electrons. The van der Waals surface area contributed by atoms with Crippen LogP contribution in [0.15, 0.2) is 30.3 Å². The molecule has 0 N–H and O–H groups in total. The minimum Gasteiger partial charge on any atom is -0.378 e. The minimum absolute atomic E-state index is 0.0112. The zero-order chi connectivity index (χ0) is 21.4. The Labute approximate surface area is 186 Å². The Bertz CT molecular complexity index is 1090. The van der Waals surface area contributed by atoms with Crippen LogP contribution in [0.1, 0.15) is 23.3 Å². The summed E-state index contributed by atoms with van der Waals surface area (Å²) in [7, 11) is 0. The Morgan fingerprint density at radius 1 is 1.10 bits per heavy atom. The molecule has 2 aliphatic heterocycles. The van der Waals surface area contributed by atoms with Gasteiger partial charge in [0.25, 0.3) is 0 Å². The number of carbonyl (C=O) groups is 1. The molecule has 3 aromatic rings. The van der Waals surface area contributed by atoms with Gasteiger partial charge in [0.2, 0.25) is 5.91 Å². The van der Waals surface area contributed by atoms with Crippen LogP contribution in [0.2, 0.25) is 0 Å². The van der Waals surface area contributed by atoms with Crippen molar-refractivity contribution in [2.45, 2.75) is 26.7 Å². The predicted octanol–water partition coefficient (Wildman–Crippen LogP) is 4.05. The highest BCUT2D eigenvalue weighted by Gasteiger charge is 2.32. The lowest BCUT2D eigenvalue weighted by Crippen LogP contribution is -2.48. The van der Waals surface area contributed by atoms with E-state index >= 15 is 0 Å². The predicted molar refractivity (Wildman–Crippen MR) is 125 cm³/mol. The normalized spacial score (nSPS) is 19.7. The number of fused-ring (bicyclic) bond motifs is 1. The van der Waals surface area contributed by atoms with Gasteiger partial charge in [-0.15, -0.1) is 11.3 Å². The number of thiophene rings is 1. The average Bonchev–Trinajstić information content (AvgIpc) is 3.12. The first kappa shape index (κ1) is 20.4. The van der Waals surface area contributed by atoms with Crippen molar-refractivity contribution in [3.63, 3.8) is 0 Å². The molecule has 0 unspecified atom stereocenters. The van der Waals surface area contributed by atoms with Gasteiger partial charge in [0.15, 0.2) is 5.82 Å². The molecule has 2 aliphatic rings. The largest absolute Gasteiger partial charge is 0.378 e. The third-order valence-electron chi connectivity index (χ3n) is 6.43. The summed E-state index contributed by atoms with van der Waals surface area (Å²) in [5.74, 6) is 2.01. The van der Waals surface area contributed by atoms with Gasteiger partial charge in [-0.25, -0.2) is 9.97 Å². The molecule has 4 heterocycles. The van der Waals surface area contributed by atoms with Crippen molar-refractivity contribution in [3.8, 4) is 11.4 Å². The molecule has 2 fully saturated rings. The van der Waals surface area contributed by atoms with Gasteiger partial charge in [0, 0.05) is 36.6 Å². The van der Waals surface area contributed by atoms with Gasteiger partial charge in [0.05, 0.1) is 24.5 Å². The number of aromatic nitrogens is 2. The Kier molecular flexibility index (Phi) is 5.63. The van der Waals surface area contributed by atoms with E-state index in [1.54, 1.807) is 11.3 Å². The first-order valence-electron chi connectivity index (χ1n) is 11.1. The van der Waals surface area contributed by atoms with Crippen LogP contribution in [-0.2, 0) is 9.53 Å². The van der Waals surface area contributed by atoms with Crippen LogP contribution >= 0.6 is 11.3 Å². The number of anilines is 1. The minimum atomic E-state index is 0.0112. The summed E-state index contributed by atoms with van der Waals surface area (Å²) in [6.07, 6.45) is 1.93. The number of morpholine rings is 1. The van der Waals surface area contributed by atoms with Crippen LogP contribution in [-0.4, -0.2) is 60.2 Å². The highest BCUT2D eigenvalue weighted by atomic mass is 32.1. The summed E-state index contributed by atoms with van der Waals surface area (Å²) in [6, 6.07) is 10.2. The van der Waals surface area contributed by atoms with Gasteiger partial charge in [-0.05, 0) is 32.3 Å². The molecule has 2 aromatic heterocycles. The van der Waals surface area contributed by atoms with Crippen molar-refractivity contribution in [1.82, 2.24) is 14.9 Å². The number of nitrogens with zero attached hydrogens (tertiary/aromatic N) is 4. The van der Waals surface area contributed by atoms with E-state index in [2.05, 4.69) is 30.9 Å². The van der Waals surface area contributed by atoms with Crippen LogP contribution in [0, 0.1) is 19.8 Å². The molecule has 0 aliphatic carbocycles. The van der Waals surface area contributed by atoms with Gasteiger partial charge in [-0.1, -0.05) is 30.3 Å². The number of carbonyl (C=O) groups excluding carboxylic acids is 1. The second-order valence-corrected chi connectivity index (χ2v) is 9.63. The molecular weight excluding hydrogens is 408 g/mol. The van der Waals surface area contributed by atoms with Crippen molar-refractivity contribution in [2.24, 2.45) is 5.92 Å². The average molecular weight is 437 g/mol. The zero-order valence-corrected chi connectivity index (χ0v) is 19.0. The van der Waals surface area contributed by atoms with E-state index in [9.17, 15) is 4.79 Å². The second-order valence-electron chi connectivity index (χ2n) is 8.42. The number of benzene rings is 1. The third kappa shape index (κ3) is 3.92. The second kappa shape index (κ2) is 8.55. The van der Waals surface area contributed by atoms with Gasteiger partial charge in [-0.3, -0.25) is 4.79 Å². The first-order chi connectivity index (χ1) is 15.1. The molecule has 5 rings (SSSR count). The highest BCUT2D eigenvalue weighted by Crippen LogP contribution is 2.38. The number of rotatable bonds is 3. The molecule has 0 bridgehead atoms. The van der Waals surface area contributed by atoms with Gasteiger partial charge in [0.1, 0.15) is 10.6 Å². The van der Waals surface area contributed by atoms with E-state index in [-0.39, 0.29) is 11.8 Å². The summed E-state index contributed by atoms with van der Waals surface area (Å²) in [5.41, 5.74) is 2.27. The quantitative estimate of drug-likeness (QED) is 0.620. The van der Waals surface area contributed by atoms with Crippen LogP contribution in [0.3, 0.4) is 0 Å². The Morgan fingerprint density at radius 3 is 2.65 bits per heavy atom. The number of ether oxygens (including phenoxy) is 1. The zero-order valence-electron chi connectivity index (χ0n) is 18.1. The van der Waals surface area contributed by atoms with E-state index in [0.29, 0.717) is 32.8 Å². The molecular formula is C24H28N4O2S. The Morgan fingerprint density at radius 2 is 1.87 bits per heavy atom. The summed E-state index contributed by atoms with van der Waals surface area (Å²) < 4.78 is 5.43. The lowest BCUT2D eigenvalue weighted by atomic mass is 9.96. The van der Waals surface area contributed by atoms with Gasteiger partial charge >= 0.3 is 0 Å². The molecule has 7 heteroatoms. The maximum atomic E-state index is 13.2. The lowest BCUT2D eigenvalue weighted by Gasteiger charge is -2.37. The van der Waals surface area contributed by atoms with Crippen molar-refractivity contribution >= 4 is 33.3 Å². The number of hydrogen-bond acceptors (Lipinski definition) is 6. The smallest absolute Gasteiger partial charge is 0.227 e. The molecule has 1 atom stereocenters. The van der Waals surface area contributed by atoms with E-state index < -0.39 is 0 Å². The summed E-state index contributed by atoms with van der Waals surface area (Å²) in [4.78, 5) is 29.7. The van der Waals surface area contributed by atoms with Gasteiger partial charge in [-0.2, -0.15) is 0 Å². The maximum absolute atomic E-state index is 13.2. The van der Waals surface area contributed by atoms with Crippen molar-refractivity contribution in [2.75, 3.05) is 44.3 Å². The lowest BCUT2D eigenvalue weighted by molar-refractivity contribution is -0.139. The summed E-state index contributed by atoms with van der Waals surface area (Å²) in [6.45, 7) is 8.62. The first-order valence-corrected chi connectivity index (χ1v) is 11.9. The molecule has 6 nitrogen and oxygen atoms in total. The monoisotopic (exact) mass is 436 g/mol. The van der Waals surface area contributed by atoms with Crippen molar-refractivity contribution in [1.29, 1.82) is 0 Å². The standard InChI is InChI=1S/C24H28N4O2S/c1-16-17(2)31-23-20(16)22(25-21(26-23)18-7-4-3-5-8-18)28-10-6-9-19(15-28)24(29)27-11-13-30-14-12-27/h3-5,7-8,19H,6,9-15H2,1-2H3/t19-/m1/s1. The molecule has 31 heavy (non-hydrogen) atoms. The summed E-state index contributed by atoms with van der Waals surface area (Å²) >= 11 is 1.73. The molecule has 162 valence electrons. The fourth-order valence-electron chi connectivity index (χ4n) is 4.59. The Hall–Kier alpha value is -2.51. The van der Waals surface area contributed by atoms with Gasteiger partial charge < -0.3 is 14.5 Å². The topological polar surface area (TPSA) is 58.6 Å². The molecule has 0 saturated carbocycles. The fraction of sp³-hybridized carbons (Fsp3) is 0.458. The molecule has 1 amide bonds. The molecule has 1 aromatic carbocycles. The number of aryl methyl sites for hydroxylation is 2. The van der Waals surface area contributed by atoms with Crippen LogP contribution in [0.5, 0.6) is 0 Å². The van der Waals surface area contributed by atoms with E-state index in [1.165, 1.54) is 10.4 Å². The van der Waals surface area contributed by atoms with E-state index in [0.717, 1.165) is 46.8 Å². The van der Waals surface area contributed by atoms with E-state index in [1.807, 2.05) is 23.1 Å².